The fourth-order valence-corrected chi connectivity index (χ4v) is 2.66. The van der Waals surface area contributed by atoms with E-state index in [1.807, 2.05) is 18.3 Å². The molecule has 0 bridgehead atoms. The van der Waals surface area contributed by atoms with Crippen LogP contribution in [0.5, 0.6) is 5.75 Å². The summed E-state index contributed by atoms with van der Waals surface area (Å²) in [5.41, 5.74) is 5.81. The monoisotopic (exact) mass is 350 g/mol. The van der Waals surface area contributed by atoms with Crippen LogP contribution in [0.4, 0.5) is 5.69 Å². The number of methoxy groups -OCH3 is 1. The van der Waals surface area contributed by atoms with Gasteiger partial charge in [0.2, 0.25) is 0 Å². The number of carboxylic acid groups (broad SMARTS) is 1. The van der Waals surface area contributed by atoms with E-state index in [1.165, 1.54) is 19.2 Å². The topological polar surface area (TPSA) is 107 Å². The Morgan fingerprint density at radius 2 is 2.04 bits per heavy atom. The molecule has 1 aromatic heterocycles. The maximum absolute atomic E-state index is 11.0. The number of H-pyrrole nitrogens is 1. The molecule has 0 radical (unpaired) electrons. The van der Waals surface area contributed by atoms with Crippen molar-refractivity contribution in [1.29, 1.82) is 0 Å². The molecule has 0 aliphatic rings. The molecule has 3 aromatic rings. The minimum atomic E-state index is -1.24. The van der Waals surface area contributed by atoms with Crippen LogP contribution in [0.3, 0.4) is 0 Å². The molecular formula is C17H15N2NaO5. The first-order valence-corrected chi connectivity index (χ1v) is 7.17. The maximum atomic E-state index is 11.0. The molecule has 0 spiro atoms. The van der Waals surface area contributed by atoms with Gasteiger partial charge in [-0.15, -0.1) is 4.99 Å². The number of rotatable bonds is 6. The molecule has 0 amide bonds. The third-order valence-electron chi connectivity index (χ3n) is 3.83. The van der Waals surface area contributed by atoms with Gasteiger partial charge in [-0.05, 0) is 35.4 Å². The Hall–Kier alpha value is -2.03. The molecule has 8 heteroatoms. The van der Waals surface area contributed by atoms with Crippen molar-refractivity contribution in [3.63, 3.8) is 0 Å². The van der Waals surface area contributed by atoms with E-state index in [1.54, 1.807) is 12.1 Å². The third kappa shape index (κ3) is 4.15. The third-order valence-corrected chi connectivity index (χ3v) is 3.83. The van der Waals surface area contributed by atoms with Gasteiger partial charge < -0.3 is 19.6 Å². The average Bonchev–Trinajstić information content (AvgIpc) is 2.98. The molecule has 3 rings (SSSR count). The van der Waals surface area contributed by atoms with Crippen LogP contribution in [0.15, 0.2) is 42.6 Å². The molecule has 25 heavy (non-hydrogen) atoms. The molecule has 2 aromatic carbocycles. The van der Waals surface area contributed by atoms with Crippen molar-refractivity contribution in [3.05, 3.63) is 59.3 Å². The van der Waals surface area contributed by atoms with Crippen molar-refractivity contribution < 1.29 is 54.4 Å². The van der Waals surface area contributed by atoms with E-state index in [2.05, 4.69) is 15.5 Å². The summed E-state index contributed by atoms with van der Waals surface area (Å²) in [5, 5.41) is 20.4. The number of nitrogens with one attached hydrogen (secondary N) is 2. The summed E-state index contributed by atoms with van der Waals surface area (Å²) >= 11 is 0. The van der Waals surface area contributed by atoms with Gasteiger partial charge in [0, 0.05) is 29.1 Å². The fourth-order valence-electron chi connectivity index (χ4n) is 2.66. The minimum absolute atomic E-state index is 0. The standard InChI is InChI=1S/C17H16N2O5.Na/c1-23-16-7-11(17(20)21)3-2-10(16)6-12-9-18-15-5-4-13(19-24-22)8-14(12)15;/h2-5,7-9,18-19,22H,6H2,1H3,(H,20,21);/q;+1/p-1. The maximum Gasteiger partial charge on any atom is 1.00 e. The van der Waals surface area contributed by atoms with E-state index < -0.39 is 5.97 Å². The Bertz CT molecular complexity index is 894. The molecule has 7 nitrogen and oxygen atoms in total. The van der Waals surface area contributed by atoms with Gasteiger partial charge in [-0.2, -0.15) is 0 Å². The van der Waals surface area contributed by atoms with Crippen LogP contribution in [0.1, 0.15) is 21.5 Å². The summed E-state index contributed by atoms with van der Waals surface area (Å²) in [6.45, 7) is 0. The van der Waals surface area contributed by atoms with Gasteiger partial charge >= 0.3 is 29.6 Å². The van der Waals surface area contributed by atoms with Crippen molar-refractivity contribution >= 4 is 22.6 Å². The number of aromatic carboxylic acids is 1. The summed E-state index contributed by atoms with van der Waals surface area (Å²) in [6, 6.07) is 10.1. The largest absolute Gasteiger partial charge is 1.00 e. The number of fused-ring (bicyclic) bond motifs is 1. The Kier molecular flexibility index (Phi) is 6.46. The van der Waals surface area contributed by atoms with E-state index in [0.29, 0.717) is 17.9 Å². The molecular weight excluding hydrogens is 335 g/mol. The van der Waals surface area contributed by atoms with E-state index in [0.717, 1.165) is 22.0 Å². The summed E-state index contributed by atoms with van der Waals surface area (Å²) in [5.74, 6) is -0.759. The van der Waals surface area contributed by atoms with Crippen molar-refractivity contribution in [3.8, 4) is 5.75 Å². The minimum Gasteiger partial charge on any atom is -0.545 e. The van der Waals surface area contributed by atoms with Crippen molar-refractivity contribution in [2.45, 2.75) is 6.42 Å². The number of aromatic nitrogens is 1. The molecule has 0 unspecified atom stereocenters. The number of carboxylic acids is 1. The van der Waals surface area contributed by atoms with Gasteiger partial charge in [0.1, 0.15) is 5.75 Å². The quantitative estimate of drug-likeness (QED) is 0.298. The predicted molar refractivity (Wildman–Crippen MR) is 85.8 cm³/mol. The van der Waals surface area contributed by atoms with Gasteiger partial charge in [-0.3, -0.25) is 0 Å². The van der Waals surface area contributed by atoms with Crippen LogP contribution >= 0.6 is 0 Å². The van der Waals surface area contributed by atoms with E-state index >= 15 is 0 Å². The molecule has 3 N–H and O–H groups in total. The molecule has 0 saturated heterocycles. The van der Waals surface area contributed by atoms with E-state index in [9.17, 15) is 9.90 Å². The van der Waals surface area contributed by atoms with Gasteiger partial charge in [0.05, 0.1) is 18.8 Å². The Labute approximate surface area is 165 Å². The Balaban J connectivity index is 0.00000225. The SMILES string of the molecule is COc1cc(C(=O)[O-])ccc1Cc1c[nH]c2ccc(NOO)cc12.[Na+]. The number of benzene rings is 2. The zero-order valence-corrected chi connectivity index (χ0v) is 15.8. The molecule has 0 atom stereocenters. The second-order valence-corrected chi connectivity index (χ2v) is 5.26. The summed E-state index contributed by atoms with van der Waals surface area (Å²) in [7, 11) is 1.49. The molecule has 0 saturated carbocycles. The molecule has 1 heterocycles. The predicted octanol–water partition coefficient (Wildman–Crippen LogP) is -1.05. The van der Waals surface area contributed by atoms with E-state index in [4.69, 9.17) is 9.99 Å². The van der Waals surface area contributed by atoms with Crippen molar-refractivity contribution in [1.82, 2.24) is 4.98 Å². The van der Waals surface area contributed by atoms with Gasteiger partial charge in [-0.1, -0.05) is 12.1 Å². The van der Waals surface area contributed by atoms with Crippen molar-refractivity contribution in [2.75, 3.05) is 12.6 Å². The smallest absolute Gasteiger partial charge is 0.545 e. The van der Waals surface area contributed by atoms with Gasteiger partial charge in [-0.25, -0.2) is 10.7 Å². The van der Waals surface area contributed by atoms with Crippen LogP contribution in [0.25, 0.3) is 10.9 Å². The Morgan fingerprint density at radius 1 is 1.24 bits per heavy atom. The first-order valence-electron chi connectivity index (χ1n) is 7.17. The summed E-state index contributed by atoms with van der Waals surface area (Å²) in [6.07, 6.45) is 2.42. The number of carbonyl (C=O) groups is 1. The summed E-state index contributed by atoms with van der Waals surface area (Å²) < 4.78 is 5.29. The average molecular weight is 350 g/mol. The molecule has 124 valence electrons. The summed E-state index contributed by atoms with van der Waals surface area (Å²) in [4.78, 5) is 18.1. The Morgan fingerprint density at radius 3 is 2.72 bits per heavy atom. The molecule has 0 aliphatic carbocycles. The first kappa shape index (κ1) is 19.3. The van der Waals surface area contributed by atoms with Crippen LogP contribution < -0.4 is 44.9 Å². The van der Waals surface area contributed by atoms with Crippen LogP contribution in [-0.2, 0) is 11.4 Å². The zero-order chi connectivity index (χ0) is 17.1. The molecule has 0 aliphatic heterocycles. The number of ether oxygens (including phenoxy) is 1. The zero-order valence-electron chi connectivity index (χ0n) is 13.8. The van der Waals surface area contributed by atoms with Gasteiger partial charge in [0.25, 0.3) is 0 Å². The van der Waals surface area contributed by atoms with Crippen LogP contribution in [-0.4, -0.2) is 23.3 Å². The molecule has 0 fully saturated rings. The number of hydrogen-bond donors (Lipinski definition) is 3. The second kappa shape index (κ2) is 8.37. The van der Waals surface area contributed by atoms with Crippen LogP contribution in [0, 0.1) is 0 Å². The first-order chi connectivity index (χ1) is 11.6. The normalized spacial score (nSPS) is 10.3. The van der Waals surface area contributed by atoms with E-state index in [-0.39, 0.29) is 35.1 Å². The van der Waals surface area contributed by atoms with Gasteiger partial charge in [0.15, 0.2) is 0 Å². The number of carbonyl (C=O) groups excluding carboxylic acids is 1. The fraction of sp³-hybridized carbons (Fsp3) is 0.118. The number of aromatic amines is 1. The number of anilines is 1. The van der Waals surface area contributed by atoms with Crippen molar-refractivity contribution in [2.24, 2.45) is 0 Å². The van der Waals surface area contributed by atoms with Crippen LogP contribution in [0.2, 0.25) is 0 Å². The number of hydrogen-bond acceptors (Lipinski definition) is 6. The second-order valence-electron chi connectivity index (χ2n) is 5.26.